The lowest BCUT2D eigenvalue weighted by molar-refractivity contribution is 0.0752. The first-order valence-corrected chi connectivity index (χ1v) is 10.1. The van der Waals surface area contributed by atoms with Crippen molar-refractivity contribution in [1.82, 2.24) is 14.9 Å². The summed E-state index contributed by atoms with van der Waals surface area (Å²) in [5.41, 5.74) is 13.8. The lowest BCUT2D eigenvalue weighted by Gasteiger charge is -2.27. The molecule has 2 aromatic rings. The van der Waals surface area contributed by atoms with Gasteiger partial charge in [0.05, 0.1) is 24.0 Å². The quantitative estimate of drug-likeness (QED) is 0.688. The van der Waals surface area contributed by atoms with E-state index in [4.69, 9.17) is 16.2 Å². The number of nitriles is 1. The van der Waals surface area contributed by atoms with Gasteiger partial charge in [-0.25, -0.2) is 14.4 Å². The van der Waals surface area contributed by atoms with Gasteiger partial charge >= 0.3 is 0 Å². The van der Waals surface area contributed by atoms with Gasteiger partial charge < -0.3 is 21.1 Å². The van der Waals surface area contributed by atoms with Crippen LogP contribution >= 0.6 is 0 Å². The highest BCUT2D eigenvalue weighted by Gasteiger charge is 2.36. The number of fused-ring (bicyclic) bond motifs is 3. The Morgan fingerprint density at radius 1 is 1.38 bits per heavy atom. The Bertz CT molecular complexity index is 1200. The predicted octanol–water partition coefficient (Wildman–Crippen LogP) is 2.22. The van der Waals surface area contributed by atoms with Crippen molar-refractivity contribution in [2.45, 2.75) is 31.9 Å². The van der Waals surface area contributed by atoms with Crippen LogP contribution in [0.4, 0.5) is 10.2 Å². The topological polar surface area (TPSA) is 144 Å². The minimum atomic E-state index is -0.753. The van der Waals surface area contributed by atoms with Crippen molar-refractivity contribution < 1.29 is 13.9 Å². The van der Waals surface area contributed by atoms with Gasteiger partial charge in [0.1, 0.15) is 23.7 Å². The molecule has 1 aromatic carbocycles. The average molecular weight is 435 g/mol. The molecule has 32 heavy (non-hydrogen) atoms. The molecule has 1 amide bonds. The summed E-state index contributed by atoms with van der Waals surface area (Å²) in [6.07, 6.45) is 2.28. The molecule has 1 saturated carbocycles. The van der Waals surface area contributed by atoms with Crippen LogP contribution in [0.2, 0.25) is 0 Å². The molecule has 10 heteroatoms. The largest absolute Gasteiger partial charge is 0.467 e. The van der Waals surface area contributed by atoms with E-state index in [1.807, 2.05) is 6.07 Å². The van der Waals surface area contributed by atoms with E-state index >= 15 is 0 Å². The third-order valence-corrected chi connectivity index (χ3v) is 5.47. The smallest absolute Gasteiger partial charge is 0.258 e. The number of hydrogen-bond acceptors (Lipinski definition) is 8. The summed E-state index contributed by atoms with van der Waals surface area (Å²) in [5.74, 6) is -0.803. The van der Waals surface area contributed by atoms with E-state index < -0.39 is 11.9 Å². The van der Waals surface area contributed by atoms with Crippen molar-refractivity contribution in [2.24, 2.45) is 10.7 Å². The number of hydrogen-bond donors (Lipinski definition) is 2. The summed E-state index contributed by atoms with van der Waals surface area (Å²) in [7, 11) is 1.47. The lowest BCUT2D eigenvalue weighted by atomic mass is 10.0. The first-order chi connectivity index (χ1) is 15.3. The first-order valence-electron chi connectivity index (χ1n) is 10.1. The molecule has 1 atom stereocenters. The Morgan fingerprint density at radius 2 is 2.12 bits per heavy atom. The number of nitrogen functional groups attached to an aromatic ring is 1. The van der Waals surface area contributed by atoms with Crippen LogP contribution in [-0.4, -0.2) is 46.1 Å². The molecule has 1 aliphatic heterocycles. The summed E-state index contributed by atoms with van der Waals surface area (Å²) in [4.78, 5) is 27.8. The van der Waals surface area contributed by atoms with Crippen molar-refractivity contribution in [2.75, 3.05) is 19.3 Å². The van der Waals surface area contributed by atoms with Gasteiger partial charge in [0.25, 0.3) is 11.8 Å². The zero-order valence-corrected chi connectivity index (χ0v) is 17.7. The number of anilines is 1. The zero-order valence-electron chi connectivity index (χ0n) is 17.7. The summed E-state index contributed by atoms with van der Waals surface area (Å²) in [6.45, 7) is 1.72. The highest BCUT2D eigenvalue weighted by molar-refractivity contribution is 6.31. The van der Waals surface area contributed by atoms with E-state index in [-0.39, 0.29) is 52.9 Å². The molecule has 1 unspecified atom stereocenters. The fourth-order valence-electron chi connectivity index (χ4n) is 3.71. The first kappa shape index (κ1) is 21.2. The van der Waals surface area contributed by atoms with Crippen molar-refractivity contribution in [3.05, 3.63) is 52.7 Å². The number of carbonyl (C=O) groups excluding carboxylic acids is 1. The molecular formula is C22H22FN7O2. The fraction of sp³-hybridized carbons (Fsp3) is 0.318. The molecule has 1 aliphatic carbocycles. The Kier molecular flexibility index (Phi) is 5.48. The molecule has 0 radical (unpaired) electrons. The van der Waals surface area contributed by atoms with Crippen LogP contribution in [0.25, 0.3) is 5.57 Å². The van der Waals surface area contributed by atoms with Gasteiger partial charge in [-0.05, 0) is 38.0 Å². The van der Waals surface area contributed by atoms with Gasteiger partial charge in [0.15, 0.2) is 5.82 Å². The van der Waals surface area contributed by atoms with Crippen LogP contribution in [0.3, 0.4) is 0 Å². The molecule has 2 bridgehead atoms. The fourth-order valence-corrected chi connectivity index (χ4v) is 3.71. The molecule has 0 saturated heterocycles. The normalized spacial score (nSPS) is 21.7. The third-order valence-electron chi connectivity index (χ3n) is 5.47. The summed E-state index contributed by atoms with van der Waals surface area (Å²) in [5, 5.41) is 9.62. The van der Waals surface area contributed by atoms with Gasteiger partial charge in [-0.2, -0.15) is 5.26 Å². The van der Waals surface area contributed by atoms with Crippen LogP contribution in [0.5, 0.6) is 5.88 Å². The van der Waals surface area contributed by atoms with Crippen molar-refractivity contribution in [1.29, 1.82) is 5.26 Å². The van der Waals surface area contributed by atoms with E-state index in [9.17, 15) is 14.4 Å². The highest BCUT2D eigenvalue weighted by atomic mass is 19.1. The summed E-state index contributed by atoms with van der Waals surface area (Å²) < 4.78 is 20.0. The Hall–Kier alpha value is -4.00. The van der Waals surface area contributed by atoms with E-state index in [1.165, 1.54) is 31.4 Å². The average Bonchev–Trinajstić information content (AvgIpc) is 3.61. The van der Waals surface area contributed by atoms with E-state index in [0.717, 1.165) is 12.8 Å². The van der Waals surface area contributed by atoms with E-state index in [1.54, 1.807) is 11.8 Å². The molecule has 1 aromatic heterocycles. The minimum absolute atomic E-state index is 0.00321. The number of halogens is 1. The second-order valence-electron chi connectivity index (χ2n) is 7.69. The van der Waals surface area contributed by atoms with Crippen LogP contribution in [0, 0.1) is 17.1 Å². The Labute approximate surface area is 184 Å². The molecule has 9 nitrogen and oxygen atoms in total. The highest BCUT2D eigenvalue weighted by Crippen LogP contribution is 2.34. The molecule has 1 fully saturated rings. The number of nitrogens with two attached hydrogens (primary N) is 2. The SMILES string of the molecule is CN=C(C#N)/C1=C(\N)CN(C2CC2)C(=O)c2ccc(F)cc2C(C)Oc2nc1cnc2N. The number of aromatic nitrogens is 2. The van der Waals surface area contributed by atoms with Gasteiger partial charge in [-0.1, -0.05) is 0 Å². The number of benzene rings is 1. The summed E-state index contributed by atoms with van der Waals surface area (Å²) >= 11 is 0. The predicted molar refractivity (Wildman–Crippen MR) is 116 cm³/mol. The molecule has 0 spiro atoms. The van der Waals surface area contributed by atoms with Crippen LogP contribution in [0.15, 0.2) is 35.1 Å². The molecular weight excluding hydrogens is 413 g/mol. The third kappa shape index (κ3) is 3.85. The number of rotatable bonds is 2. The summed E-state index contributed by atoms with van der Waals surface area (Å²) in [6, 6.07) is 5.95. The standard InChI is InChI=1S/C22H22FN7O2/c1-11-15-7-12(23)3-6-14(15)22(31)30(13-4-5-13)10-16(25)19(17(8-24)27-2)18-9-28-20(26)21(29-18)32-11/h3,6-7,9,11,13H,4-5,10,25H2,1-2H3,(H2,26,28)/b19-16+,27-17?. The van der Waals surface area contributed by atoms with Gasteiger partial charge in [-0.3, -0.25) is 9.79 Å². The molecule has 4 N–H and O–H groups in total. The number of amides is 1. The van der Waals surface area contributed by atoms with Crippen molar-refractivity contribution in [3.63, 3.8) is 0 Å². The number of carbonyl (C=O) groups is 1. The van der Waals surface area contributed by atoms with E-state index in [0.29, 0.717) is 11.1 Å². The van der Waals surface area contributed by atoms with Gasteiger partial charge in [0.2, 0.25) is 0 Å². The number of aliphatic imine (C=N–C) groups is 1. The monoisotopic (exact) mass is 435 g/mol. The maximum Gasteiger partial charge on any atom is 0.258 e. The second kappa shape index (κ2) is 8.26. The lowest BCUT2D eigenvalue weighted by Crippen LogP contribution is -2.38. The molecule has 4 rings (SSSR count). The second-order valence-corrected chi connectivity index (χ2v) is 7.69. The molecule has 164 valence electrons. The van der Waals surface area contributed by atoms with Crippen molar-refractivity contribution >= 4 is 23.0 Å². The van der Waals surface area contributed by atoms with Gasteiger partial charge in [0, 0.05) is 29.9 Å². The van der Waals surface area contributed by atoms with Crippen LogP contribution < -0.4 is 16.2 Å². The number of allylic oxidation sites excluding steroid dienone is 1. The maximum atomic E-state index is 14.1. The molecule has 2 aliphatic rings. The van der Waals surface area contributed by atoms with E-state index in [2.05, 4.69) is 15.0 Å². The number of ether oxygens (including phenoxy) is 1. The van der Waals surface area contributed by atoms with Gasteiger partial charge in [-0.15, -0.1) is 0 Å². The Morgan fingerprint density at radius 3 is 2.78 bits per heavy atom. The number of nitrogens with zero attached hydrogens (tertiary/aromatic N) is 5. The Balaban J connectivity index is 1.97. The zero-order chi connectivity index (χ0) is 23.0. The molecule has 2 heterocycles. The minimum Gasteiger partial charge on any atom is -0.467 e. The van der Waals surface area contributed by atoms with Crippen molar-refractivity contribution in [3.8, 4) is 11.9 Å². The van der Waals surface area contributed by atoms with Crippen LogP contribution in [0.1, 0.15) is 47.5 Å². The van der Waals surface area contributed by atoms with Crippen LogP contribution in [-0.2, 0) is 0 Å². The maximum absolute atomic E-state index is 14.1.